The van der Waals surface area contributed by atoms with Crippen LogP contribution in [0.15, 0.2) is 0 Å². The molecule has 6 heteroatoms. The highest BCUT2D eigenvalue weighted by Crippen LogP contribution is 2.16. The molecule has 0 aliphatic carbocycles. The van der Waals surface area contributed by atoms with Gasteiger partial charge in [0.15, 0.2) is 0 Å². The Balaban J connectivity index is 2.34. The Hall–Kier alpha value is -1.59. The second kappa shape index (κ2) is 7.11. The molecule has 1 heterocycles. The van der Waals surface area contributed by atoms with Gasteiger partial charge in [0.05, 0.1) is 0 Å². The van der Waals surface area contributed by atoms with Gasteiger partial charge in [-0.05, 0) is 25.2 Å². The molecule has 0 bridgehead atoms. The molecule has 0 aromatic rings. The summed E-state index contributed by atoms with van der Waals surface area (Å²) in [5, 5.41) is 0. The van der Waals surface area contributed by atoms with Gasteiger partial charge in [-0.25, -0.2) is 0 Å². The summed E-state index contributed by atoms with van der Waals surface area (Å²) in [6.45, 7) is 6.13. The Morgan fingerprint density at radius 1 is 1.26 bits per heavy atom. The van der Waals surface area contributed by atoms with Crippen molar-refractivity contribution in [3.8, 4) is 0 Å². The number of carbonyl (C=O) groups excluding carboxylic acids is 3. The lowest BCUT2D eigenvalue weighted by Crippen LogP contribution is -2.51. The van der Waals surface area contributed by atoms with Crippen molar-refractivity contribution in [2.24, 2.45) is 5.92 Å². The van der Waals surface area contributed by atoms with Gasteiger partial charge in [0.2, 0.25) is 11.8 Å². The maximum atomic E-state index is 11.9. The first kappa shape index (κ1) is 15.5. The predicted octanol–water partition coefficient (Wildman–Crippen LogP) is 0.581. The van der Waals surface area contributed by atoms with Crippen molar-refractivity contribution in [2.45, 2.75) is 52.5 Å². The molecule has 0 radical (unpaired) electrons. The standard InChI is InChI=1S/C13H23N3O3/c1-9(2)6-7-12(18)14-15-13(19)11-5-4-8-16(11)10(3)17/h9,11H,4-8H2,1-3H3,(H,14,18)(H,15,19)/t11-/m0/s1. The molecule has 108 valence electrons. The quantitative estimate of drug-likeness (QED) is 0.733. The SMILES string of the molecule is CC(=O)N1CCC[C@H]1C(=O)NNC(=O)CCC(C)C. The number of likely N-dealkylation sites (tertiary alicyclic amines) is 1. The second-order valence-electron chi connectivity index (χ2n) is 5.34. The molecule has 0 aromatic heterocycles. The summed E-state index contributed by atoms with van der Waals surface area (Å²) in [7, 11) is 0. The number of nitrogens with zero attached hydrogens (tertiary/aromatic N) is 1. The van der Waals surface area contributed by atoms with Crippen molar-refractivity contribution in [3.05, 3.63) is 0 Å². The van der Waals surface area contributed by atoms with Crippen LogP contribution in [-0.4, -0.2) is 35.2 Å². The molecule has 1 rings (SSSR count). The van der Waals surface area contributed by atoms with Gasteiger partial charge < -0.3 is 4.90 Å². The summed E-state index contributed by atoms with van der Waals surface area (Å²) < 4.78 is 0. The van der Waals surface area contributed by atoms with Gasteiger partial charge in [0, 0.05) is 19.9 Å². The number of carbonyl (C=O) groups is 3. The molecular formula is C13H23N3O3. The van der Waals surface area contributed by atoms with E-state index in [4.69, 9.17) is 0 Å². The Labute approximate surface area is 113 Å². The largest absolute Gasteiger partial charge is 0.331 e. The first-order chi connectivity index (χ1) is 8.91. The molecule has 6 nitrogen and oxygen atoms in total. The van der Waals surface area contributed by atoms with Crippen molar-refractivity contribution in [1.82, 2.24) is 15.8 Å². The van der Waals surface area contributed by atoms with Crippen LogP contribution >= 0.6 is 0 Å². The van der Waals surface area contributed by atoms with E-state index in [1.54, 1.807) is 0 Å². The van der Waals surface area contributed by atoms with E-state index in [-0.39, 0.29) is 17.7 Å². The summed E-state index contributed by atoms with van der Waals surface area (Å²) in [6.07, 6.45) is 2.63. The van der Waals surface area contributed by atoms with Crippen LogP contribution < -0.4 is 10.9 Å². The minimum Gasteiger partial charge on any atom is -0.331 e. The van der Waals surface area contributed by atoms with E-state index in [0.717, 1.165) is 12.8 Å². The highest BCUT2D eigenvalue weighted by atomic mass is 16.2. The van der Waals surface area contributed by atoms with Crippen molar-refractivity contribution in [1.29, 1.82) is 0 Å². The van der Waals surface area contributed by atoms with Crippen LogP contribution in [0.2, 0.25) is 0 Å². The molecule has 19 heavy (non-hydrogen) atoms. The van der Waals surface area contributed by atoms with E-state index < -0.39 is 6.04 Å². The van der Waals surface area contributed by atoms with E-state index in [0.29, 0.717) is 25.3 Å². The Morgan fingerprint density at radius 3 is 2.53 bits per heavy atom. The molecule has 3 amide bonds. The summed E-state index contributed by atoms with van der Waals surface area (Å²) in [4.78, 5) is 36.2. The van der Waals surface area contributed by atoms with Gasteiger partial charge in [-0.15, -0.1) is 0 Å². The lowest BCUT2D eigenvalue weighted by atomic mass is 10.1. The van der Waals surface area contributed by atoms with E-state index >= 15 is 0 Å². The van der Waals surface area contributed by atoms with Crippen LogP contribution in [-0.2, 0) is 14.4 Å². The minimum atomic E-state index is -0.456. The Morgan fingerprint density at radius 2 is 1.95 bits per heavy atom. The lowest BCUT2D eigenvalue weighted by molar-refractivity contribution is -0.138. The monoisotopic (exact) mass is 269 g/mol. The van der Waals surface area contributed by atoms with Crippen molar-refractivity contribution < 1.29 is 14.4 Å². The van der Waals surface area contributed by atoms with E-state index in [9.17, 15) is 14.4 Å². The molecule has 1 fully saturated rings. The third-order valence-electron chi connectivity index (χ3n) is 3.23. The molecular weight excluding hydrogens is 246 g/mol. The Bertz CT molecular complexity index is 355. The average molecular weight is 269 g/mol. The van der Waals surface area contributed by atoms with Crippen LogP contribution in [0.1, 0.15) is 46.5 Å². The number of hydrogen-bond acceptors (Lipinski definition) is 3. The average Bonchev–Trinajstić information content (AvgIpc) is 2.82. The molecule has 1 aliphatic rings. The molecule has 1 aliphatic heterocycles. The van der Waals surface area contributed by atoms with E-state index in [1.165, 1.54) is 11.8 Å². The molecule has 1 saturated heterocycles. The number of nitrogens with one attached hydrogen (secondary N) is 2. The number of hydrogen-bond donors (Lipinski definition) is 2. The summed E-state index contributed by atoms with van der Waals surface area (Å²) in [5.41, 5.74) is 4.80. The predicted molar refractivity (Wildman–Crippen MR) is 70.8 cm³/mol. The van der Waals surface area contributed by atoms with Crippen LogP contribution in [0, 0.1) is 5.92 Å². The maximum Gasteiger partial charge on any atom is 0.261 e. The molecule has 0 unspecified atom stereocenters. The molecule has 0 saturated carbocycles. The zero-order valence-electron chi connectivity index (χ0n) is 11.9. The summed E-state index contributed by atoms with van der Waals surface area (Å²) >= 11 is 0. The number of rotatable bonds is 4. The second-order valence-corrected chi connectivity index (χ2v) is 5.34. The first-order valence-corrected chi connectivity index (χ1v) is 6.77. The third kappa shape index (κ3) is 4.89. The zero-order chi connectivity index (χ0) is 14.4. The molecule has 1 atom stereocenters. The van der Waals surface area contributed by atoms with Gasteiger partial charge in [-0.1, -0.05) is 13.8 Å². The third-order valence-corrected chi connectivity index (χ3v) is 3.23. The highest BCUT2D eigenvalue weighted by Gasteiger charge is 2.32. The van der Waals surface area contributed by atoms with E-state index in [2.05, 4.69) is 10.9 Å². The zero-order valence-corrected chi connectivity index (χ0v) is 11.9. The van der Waals surface area contributed by atoms with Crippen LogP contribution in [0.4, 0.5) is 0 Å². The molecule has 2 N–H and O–H groups in total. The summed E-state index contributed by atoms with van der Waals surface area (Å²) in [5.74, 6) is -0.173. The van der Waals surface area contributed by atoms with Gasteiger partial charge in [-0.3, -0.25) is 25.2 Å². The molecule has 0 aromatic carbocycles. The van der Waals surface area contributed by atoms with Crippen LogP contribution in [0.3, 0.4) is 0 Å². The summed E-state index contributed by atoms with van der Waals surface area (Å²) in [6, 6.07) is -0.456. The lowest BCUT2D eigenvalue weighted by Gasteiger charge is -2.22. The molecule has 0 spiro atoms. The smallest absolute Gasteiger partial charge is 0.261 e. The van der Waals surface area contributed by atoms with Gasteiger partial charge >= 0.3 is 0 Å². The van der Waals surface area contributed by atoms with Gasteiger partial charge in [0.1, 0.15) is 6.04 Å². The number of hydrazine groups is 1. The topological polar surface area (TPSA) is 78.5 Å². The van der Waals surface area contributed by atoms with Crippen LogP contribution in [0.5, 0.6) is 0 Å². The highest BCUT2D eigenvalue weighted by molar-refractivity contribution is 5.89. The Kier molecular flexibility index (Phi) is 5.79. The minimum absolute atomic E-state index is 0.108. The first-order valence-electron chi connectivity index (χ1n) is 6.77. The number of amides is 3. The van der Waals surface area contributed by atoms with Gasteiger partial charge in [0.25, 0.3) is 5.91 Å². The van der Waals surface area contributed by atoms with E-state index in [1.807, 2.05) is 13.8 Å². The van der Waals surface area contributed by atoms with Crippen molar-refractivity contribution in [2.75, 3.05) is 6.54 Å². The van der Waals surface area contributed by atoms with Gasteiger partial charge in [-0.2, -0.15) is 0 Å². The fraction of sp³-hybridized carbons (Fsp3) is 0.769. The fourth-order valence-electron chi connectivity index (χ4n) is 2.11. The fourth-order valence-corrected chi connectivity index (χ4v) is 2.11. The van der Waals surface area contributed by atoms with Crippen molar-refractivity contribution >= 4 is 17.7 Å². The normalized spacial score (nSPS) is 18.5. The van der Waals surface area contributed by atoms with Crippen LogP contribution in [0.25, 0.3) is 0 Å². The van der Waals surface area contributed by atoms with Crippen molar-refractivity contribution in [3.63, 3.8) is 0 Å². The maximum absolute atomic E-state index is 11.9.